The highest BCUT2D eigenvalue weighted by Crippen LogP contribution is 2.36. The molecule has 0 unspecified atom stereocenters. The lowest BCUT2D eigenvalue weighted by Crippen LogP contribution is -2.40. The van der Waals surface area contributed by atoms with Gasteiger partial charge in [-0.2, -0.15) is 5.10 Å². The second-order valence-corrected chi connectivity index (χ2v) is 10.8. The van der Waals surface area contributed by atoms with Crippen molar-refractivity contribution in [3.8, 4) is 17.2 Å². The van der Waals surface area contributed by atoms with Crippen molar-refractivity contribution in [1.82, 2.24) is 5.43 Å². The molecule has 0 atom stereocenters. The molecule has 41 heavy (non-hydrogen) atoms. The average molecular weight is 605 g/mol. The summed E-state index contributed by atoms with van der Waals surface area (Å²) in [7, 11) is -0.201. The van der Waals surface area contributed by atoms with Gasteiger partial charge in [0.15, 0.2) is 11.5 Å². The number of carbonyl (C=O) groups is 1. The number of nitrogens with one attached hydrogen (secondary N) is 1. The van der Waals surface area contributed by atoms with Crippen molar-refractivity contribution in [3.05, 3.63) is 80.9 Å². The van der Waals surface area contributed by atoms with E-state index in [-0.39, 0.29) is 27.7 Å². The number of aryl methyl sites for hydroxylation is 1. The molecule has 0 radical (unpaired) electrons. The molecule has 3 aromatic carbocycles. The third kappa shape index (κ3) is 7.05. The lowest BCUT2D eigenvalue weighted by Gasteiger charge is -2.25. The van der Waals surface area contributed by atoms with E-state index in [1.54, 1.807) is 18.2 Å². The minimum Gasteiger partial charge on any atom is -0.495 e. The molecule has 0 heterocycles. The topological polar surface area (TPSA) is 150 Å². The molecule has 0 aliphatic heterocycles. The molecular weight excluding hydrogens is 576 g/mol. The van der Waals surface area contributed by atoms with Crippen molar-refractivity contribution < 1.29 is 32.3 Å². The number of carbonyl (C=O) groups excluding carboxylic acids is 1. The van der Waals surface area contributed by atoms with Gasteiger partial charge in [0, 0.05) is 22.2 Å². The number of ether oxygens (including phenoxy) is 3. The van der Waals surface area contributed by atoms with Crippen LogP contribution in [-0.4, -0.2) is 52.8 Å². The number of nitrogens with zero attached hydrogens (tertiary/aromatic N) is 3. The number of hydrazone groups is 1. The van der Waals surface area contributed by atoms with E-state index in [1.165, 1.54) is 58.6 Å². The zero-order valence-electron chi connectivity index (χ0n) is 23.0. The molecule has 0 saturated carbocycles. The van der Waals surface area contributed by atoms with Crippen molar-refractivity contribution in [2.24, 2.45) is 5.10 Å². The van der Waals surface area contributed by atoms with Crippen molar-refractivity contribution in [2.45, 2.75) is 25.2 Å². The monoisotopic (exact) mass is 604 g/mol. The highest BCUT2D eigenvalue weighted by atomic mass is 35.5. The van der Waals surface area contributed by atoms with Crippen LogP contribution < -0.4 is 23.9 Å². The quantitative estimate of drug-likeness (QED) is 0.177. The zero-order valence-corrected chi connectivity index (χ0v) is 24.6. The predicted molar refractivity (Wildman–Crippen MR) is 155 cm³/mol. The van der Waals surface area contributed by atoms with Crippen LogP contribution in [0.15, 0.2) is 64.6 Å². The van der Waals surface area contributed by atoms with Gasteiger partial charge in [-0.05, 0) is 55.8 Å². The molecule has 0 fully saturated rings. The van der Waals surface area contributed by atoms with Crippen molar-refractivity contribution >= 4 is 44.6 Å². The van der Waals surface area contributed by atoms with Crippen molar-refractivity contribution in [3.63, 3.8) is 0 Å². The summed E-state index contributed by atoms with van der Waals surface area (Å²) in [6.07, 6.45) is 0.424. The Morgan fingerprint density at radius 3 is 2.27 bits per heavy atom. The Bertz CT molecular complexity index is 1590. The fourth-order valence-corrected chi connectivity index (χ4v) is 5.50. The number of anilines is 1. The second-order valence-electron chi connectivity index (χ2n) is 8.55. The van der Waals surface area contributed by atoms with E-state index < -0.39 is 32.3 Å². The Kier molecular flexibility index (Phi) is 10.1. The fourth-order valence-electron chi connectivity index (χ4n) is 3.89. The molecule has 0 spiro atoms. The molecule has 0 aliphatic carbocycles. The Balaban J connectivity index is 2.03. The number of hydrogen-bond donors (Lipinski definition) is 1. The van der Waals surface area contributed by atoms with Gasteiger partial charge in [-0.15, -0.1) is 0 Å². The first-order valence-corrected chi connectivity index (χ1v) is 14.0. The third-order valence-electron chi connectivity index (χ3n) is 6.03. The van der Waals surface area contributed by atoms with Crippen LogP contribution in [0.1, 0.15) is 24.5 Å². The van der Waals surface area contributed by atoms with Crippen LogP contribution in [0.5, 0.6) is 17.2 Å². The molecule has 14 heteroatoms. The summed E-state index contributed by atoms with van der Waals surface area (Å²) in [5.41, 5.74) is 3.38. The van der Waals surface area contributed by atoms with E-state index in [1.807, 2.05) is 6.92 Å². The van der Waals surface area contributed by atoms with E-state index in [2.05, 4.69) is 10.5 Å². The maximum absolute atomic E-state index is 13.8. The minimum absolute atomic E-state index is 0.0436. The molecule has 0 aromatic heterocycles. The number of halogens is 1. The van der Waals surface area contributed by atoms with Crippen LogP contribution in [0.4, 0.5) is 11.4 Å². The molecule has 1 amide bonds. The number of nitro groups is 1. The Hall–Kier alpha value is -4.36. The number of hydrogen-bond acceptors (Lipinski definition) is 9. The molecule has 0 bridgehead atoms. The number of benzene rings is 3. The highest BCUT2D eigenvalue weighted by Gasteiger charge is 2.31. The Labute approximate surface area is 242 Å². The van der Waals surface area contributed by atoms with E-state index >= 15 is 0 Å². The number of rotatable bonds is 12. The van der Waals surface area contributed by atoms with Crippen LogP contribution in [0, 0.1) is 17.0 Å². The largest absolute Gasteiger partial charge is 0.495 e. The normalized spacial score (nSPS) is 11.5. The zero-order chi connectivity index (χ0) is 30.3. The summed E-state index contributed by atoms with van der Waals surface area (Å²) >= 11 is 6.17. The fraction of sp³-hybridized carbons (Fsp3) is 0.259. The molecule has 0 saturated heterocycles. The summed E-state index contributed by atoms with van der Waals surface area (Å²) in [6, 6.07) is 12.9. The minimum atomic E-state index is -4.53. The van der Waals surface area contributed by atoms with E-state index in [0.717, 1.165) is 10.4 Å². The smallest absolute Gasteiger partial charge is 0.273 e. The van der Waals surface area contributed by atoms with E-state index in [9.17, 15) is 23.3 Å². The molecule has 218 valence electrons. The van der Waals surface area contributed by atoms with Gasteiger partial charge in [-0.1, -0.05) is 24.6 Å². The number of sulfonamides is 1. The number of methoxy groups -OCH3 is 3. The van der Waals surface area contributed by atoms with Crippen molar-refractivity contribution in [2.75, 3.05) is 32.2 Å². The highest BCUT2D eigenvalue weighted by molar-refractivity contribution is 7.92. The van der Waals surface area contributed by atoms with Crippen LogP contribution >= 0.6 is 11.6 Å². The summed E-state index contributed by atoms with van der Waals surface area (Å²) in [4.78, 5) is 23.6. The number of amides is 1. The Morgan fingerprint density at radius 1 is 1.00 bits per heavy atom. The third-order valence-corrected chi connectivity index (χ3v) is 8.02. The molecule has 3 rings (SSSR count). The van der Waals surface area contributed by atoms with Gasteiger partial charge in [0.25, 0.3) is 21.6 Å². The SMILES string of the molecule is CC/C(=N/NC(=O)CN(c1cc(Cl)ccc1OC)S(=O)(=O)c1ccc(C)c([N+](=O)[O-])c1)c1ccc(OC)c(OC)c1. The van der Waals surface area contributed by atoms with Crippen molar-refractivity contribution in [1.29, 1.82) is 0 Å². The molecule has 12 nitrogen and oxygen atoms in total. The van der Waals surface area contributed by atoms with Gasteiger partial charge in [0.2, 0.25) is 0 Å². The van der Waals surface area contributed by atoms with Gasteiger partial charge < -0.3 is 14.2 Å². The van der Waals surface area contributed by atoms with E-state index in [0.29, 0.717) is 29.2 Å². The van der Waals surface area contributed by atoms with Crippen LogP contribution in [0.3, 0.4) is 0 Å². The molecule has 1 N–H and O–H groups in total. The molecule has 3 aromatic rings. The first-order chi connectivity index (χ1) is 19.5. The molecular formula is C27H29ClN4O8S. The first-order valence-electron chi connectivity index (χ1n) is 12.2. The standard InChI is InChI=1S/C27H29ClN4O8S/c1-6-21(18-8-11-25(39-4)26(13-18)40-5)29-30-27(33)16-31(23-14-19(28)9-12-24(23)38-3)41(36,37)20-10-7-17(2)22(15-20)32(34)35/h7-15H,6,16H2,1-5H3,(H,30,33)/b29-21-. The van der Waals surface area contributed by atoms with Gasteiger partial charge in [-0.25, -0.2) is 13.8 Å². The van der Waals surface area contributed by atoms with Crippen LogP contribution in [0.2, 0.25) is 5.02 Å². The summed E-state index contributed by atoms with van der Waals surface area (Å²) in [6.45, 7) is 2.58. The van der Waals surface area contributed by atoms with E-state index in [4.69, 9.17) is 25.8 Å². The van der Waals surface area contributed by atoms with Gasteiger partial charge >= 0.3 is 0 Å². The lowest BCUT2D eigenvalue weighted by molar-refractivity contribution is -0.385. The lowest BCUT2D eigenvalue weighted by atomic mass is 10.1. The summed E-state index contributed by atoms with van der Waals surface area (Å²) < 4.78 is 44.4. The summed E-state index contributed by atoms with van der Waals surface area (Å²) in [5, 5.41) is 15.9. The maximum atomic E-state index is 13.8. The predicted octanol–water partition coefficient (Wildman–Crippen LogP) is 4.71. The molecule has 0 aliphatic rings. The second kappa shape index (κ2) is 13.3. The van der Waals surface area contributed by atoms with Gasteiger partial charge in [0.1, 0.15) is 12.3 Å². The maximum Gasteiger partial charge on any atom is 0.273 e. The number of nitro benzene ring substituents is 1. The van der Waals surface area contributed by atoms with Gasteiger partial charge in [-0.3, -0.25) is 19.2 Å². The van der Waals surface area contributed by atoms with Gasteiger partial charge in [0.05, 0.1) is 42.5 Å². The Morgan fingerprint density at radius 2 is 1.66 bits per heavy atom. The average Bonchev–Trinajstić information content (AvgIpc) is 2.95. The summed E-state index contributed by atoms with van der Waals surface area (Å²) in [5.74, 6) is 0.303. The first kappa shape index (κ1) is 31.2. The van der Waals surface area contributed by atoms with Crippen LogP contribution in [-0.2, 0) is 14.8 Å². The van der Waals surface area contributed by atoms with Crippen LogP contribution in [0.25, 0.3) is 0 Å².